The van der Waals surface area contributed by atoms with E-state index in [1.165, 1.54) is 7.11 Å². The van der Waals surface area contributed by atoms with Gasteiger partial charge in [0.1, 0.15) is 15.9 Å². The summed E-state index contributed by atoms with van der Waals surface area (Å²) in [7, 11) is -5.54. The van der Waals surface area contributed by atoms with Gasteiger partial charge in [-0.1, -0.05) is 0 Å². The molecule has 8 nitrogen and oxygen atoms in total. The van der Waals surface area contributed by atoms with E-state index in [4.69, 9.17) is 9.84 Å². The highest BCUT2D eigenvalue weighted by Crippen LogP contribution is 2.19. The highest BCUT2D eigenvalue weighted by molar-refractivity contribution is 7.92. The molecule has 0 aromatic carbocycles. The van der Waals surface area contributed by atoms with Gasteiger partial charge in [0, 0.05) is 13.7 Å². The van der Waals surface area contributed by atoms with Gasteiger partial charge in [-0.15, -0.1) is 0 Å². The number of rotatable bonds is 8. The summed E-state index contributed by atoms with van der Waals surface area (Å²) in [5, 5.41) is 8.20. The third-order valence-electron chi connectivity index (χ3n) is 3.39. The van der Waals surface area contributed by atoms with Gasteiger partial charge in [0.25, 0.3) is 0 Å². The summed E-state index contributed by atoms with van der Waals surface area (Å²) in [5.41, 5.74) is 0. The molecule has 21 heavy (non-hydrogen) atoms. The van der Waals surface area contributed by atoms with Crippen molar-refractivity contribution in [2.24, 2.45) is 0 Å². The van der Waals surface area contributed by atoms with Gasteiger partial charge in [-0.3, -0.25) is 4.79 Å². The molecule has 1 saturated heterocycles. The second-order valence-electron chi connectivity index (χ2n) is 5.04. The number of carbonyl (C=O) groups is 1. The number of carboxylic acid groups (broad SMARTS) is 1. The molecule has 1 aliphatic rings. The molecule has 0 aromatic rings. The molecule has 1 atom stereocenters. The minimum atomic E-state index is -3.85. The number of sulfonamides is 1. The van der Waals surface area contributed by atoms with E-state index in [9.17, 15) is 21.6 Å². The molecule has 0 bridgehead atoms. The normalized spacial score (nSPS) is 21.0. The van der Waals surface area contributed by atoms with E-state index in [-0.39, 0.29) is 30.8 Å². The molecule has 0 saturated carbocycles. The summed E-state index contributed by atoms with van der Waals surface area (Å²) >= 11 is 0. The molecule has 1 heterocycles. The van der Waals surface area contributed by atoms with Crippen molar-refractivity contribution in [1.82, 2.24) is 4.72 Å². The quantitative estimate of drug-likeness (QED) is 0.561. The van der Waals surface area contributed by atoms with Crippen LogP contribution in [0, 0.1) is 0 Å². The minimum absolute atomic E-state index is 0.00206. The maximum atomic E-state index is 12.1. The van der Waals surface area contributed by atoms with Crippen molar-refractivity contribution >= 4 is 25.8 Å². The second kappa shape index (κ2) is 7.52. The van der Waals surface area contributed by atoms with E-state index in [1.54, 1.807) is 0 Å². The Morgan fingerprint density at radius 1 is 1.38 bits per heavy atom. The summed E-state index contributed by atoms with van der Waals surface area (Å²) in [4.78, 5) is 11.1. The Labute approximate surface area is 124 Å². The van der Waals surface area contributed by atoms with Crippen molar-refractivity contribution in [1.29, 1.82) is 0 Å². The van der Waals surface area contributed by atoms with E-state index >= 15 is 0 Å². The van der Waals surface area contributed by atoms with E-state index in [0.29, 0.717) is 13.0 Å². The molecule has 1 fully saturated rings. The van der Waals surface area contributed by atoms with Gasteiger partial charge in [0.05, 0.1) is 16.8 Å². The number of hydrogen-bond donors (Lipinski definition) is 2. The van der Waals surface area contributed by atoms with Gasteiger partial charge in [0.15, 0.2) is 0 Å². The second-order valence-corrected chi connectivity index (χ2v) is 9.34. The molecule has 2 N–H and O–H groups in total. The summed E-state index contributed by atoms with van der Waals surface area (Å²) in [6, 6.07) is -1.22. The summed E-state index contributed by atoms with van der Waals surface area (Å²) in [5.74, 6) is -1.61. The van der Waals surface area contributed by atoms with Gasteiger partial charge in [-0.2, -0.15) is 0 Å². The van der Waals surface area contributed by atoms with Crippen LogP contribution in [-0.4, -0.2) is 64.4 Å². The topological polar surface area (TPSA) is 127 Å². The number of hydrogen-bond acceptors (Lipinski definition) is 6. The van der Waals surface area contributed by atoms with Crippen LogP contribution in [-0.2, 0) is 29.4 Å². The first-order valence-corrected chi connectivity index (χ1v) is 9.98. The SMILES string of the molecule is COCCCC(NS(=O)(=O)C1CCS(=O)(=O)CC1)C(=O)O. The fourth-order valence-corrected chi connectivity index (χ4v) is 5.59. The zero-order valence-corrected chi connectivity index (χ0v) is 13.5. The molecular weight excluding hydrogens is 322 g/mol. The van der Waals surface area contributed by atoms with Gasteiger partial charge in [0.2, 0.25) is 10.0 Å². The molecule has 10 heteroatoms. The highest BCUT2D eigenvalue weighted by atomic mass is 32.2. The highest BCUT2D eigenvalue weighted by Gasteiger charge is 2.35. The average Bonchev–Trinajstić information content (AvgIpc) is 2.37. The first-order chi connectivity index (χ1) is 9.68. The third kappa shape index (κ3) is 5.89. The van der Waals surface area contributed by atoms with Crippen LogP contribution >= 0.6 is 0 Å². The number of methoxy groups -OCH3 is 1. The standard InChI is InChI=1S/C11H21NO7S2/c1-19-6-2-3-10(11(13)14)12-21(17,18)9-4-7-20(15,16)8-5-9/h9-10,12H,2-8H2,1H3,(H,13,14). The smallest absolute Gasteiger partial charge is 0.321 e. The Balaban J connectivity index is 2.66. The number of aliphatic carboxylic acids is 1. The predicted molar refractivity (Wildman–Crippen MR) is 76.3 cm³/mol. The van der Waals surface area contributed by atoms with Crippen LogP contribution in [0.4, 0.5) is 0 Å². The monoisotopic (exact) mass is 343 g/mol. The van der Waals surface area contributed by atoms with Crippen LogP contribution in [0.3, 0.4) is 0 Å². The van der Waals surface area contributed by atoms with Crippen molar-refractivity contribution in [3.8, 4) is 0 Å². The molecule has 0 aliphatic carbocycles. The molecule has 124 valence electrons. The lowest BCUT2D eigenvalue weighted by Gasteiger charge is -2.24. The van der Waals surface area contributed by atoms with Crippen molar-refractivity contribution in [2.45, 2.75) is 37.0 Å². The molecule has 1 aliphatic heterocycles. The van der Waals surface area contributed by atoms with Crippen LogP contribution in [0.5, 0.6) is 0 Å². The molecule has 1 unspecified atom stereocenters. The number of carboxylic acids is 1. The Morgan fingerprint density at radius 2 is 1.95 bits per heavy atom. The van der Waals surface area contributed by atoms with Gasteiger partial charge >= 0.3 is 5.97 Å². The fraction of sp³-hybridized carbons (Fsp3) is 0.909. The van der Waals surface area contributed by atoms with Gasteiger partial charge < -0.3 is 9.84 Å². The lowest BCUT2D eigenvalue weighted by atomic mass is 10.2. The third-order valence-corrected chi connectivity index (χ3v) is 7.06. The minimum Gasteiger partial charge on any atom is -0.480 e. The van der Waals surface area contributed by atoms with Gasteiger partial charge in [-0.25, -0.2) is 21.6 Å². The van der Waals surface area contributed by atoms with Gasteiger partial charge in [-0.05, 0) is 25.7 Å². The van der Waals surface area contributed by atoms with Crippen LogP contribution in [0.15, 0.2) is 0 Å². The fourth-order valence-electron chi connectivity index (χ4n) is 2.14. The molecule has 0 amide bonds. The Morgan fingerprint density at radius 3 is 2.43 bits per heavy atom. The molecule has 1 rings (SSSR count). The predicted octanol–water partition coefficient (Wildman–Crippen LogP) is -0.637. The molecule has 0 spiro atoms. The average molecular weight is 343 g/mol. The molecular formula is C11H21NO7S2. The first-order valence-electron chi connectivity index (χ1n) is 6.61. The zero-order chi connectivity index (χ0) is 16.1. The summed E-state index contributed by atoms with van der Waals surface area (Å²) in [6.45, 7) is 0.340. The zero-order valence-electron chi connectivity index (χ0n) is 11.8. The van der Waals surface area contributed by atoms with Crippen LogP contribution in [0.2, 0.25) is 0 Å². The van der Waals surface area contributed by atoms with Crippen LogP contribution < -0.4 is 4.72 Å². The van der Waals surface area contributed by atoms with Crippen molar-refractivity contribution < 1.29 is 31.5 Å². The van der Waals surface area contributed by atoms with Crippen LogP contribution in [0.1, 0.15) is 25.7 Å². The van der Waals surface area contributed by atoms with Crippen LogP contribution in [0.25, 0.3) is 0 Å². The van der Waals surface area contributed by atoms with E-state index in [0.717, 1.165) is 0 Å². The van der Waals surface area contributed by atoms with E-state index in [1.807, 2.05) is 0 Å². The van der Waals surface area contributed by atoms with E-state index in [2.05, 4.69) is 4.72 Å². The Bertz CT molecular complexity index is 541. The Kier molecular flexibility index (Phi) is 6.57. The number of ether oxygens (including phenoxy) is 1. The number of nitrogens with one attached hydrogen (secondary N) is 1. The maximum absolute atomic E-state index is 12.1. The largest absolute Gasteiger partial charge is 0.480 e. The summed E-state index contributed by atoms with van der Waals surface area (Å²) < 4.78 is 53.9. The first kappa shape index (κ1) is 18.3. The van der Waals surface area contributed by atoms with E-state index < -0.39 is 37.1 Å². The van der Waals surface area contributed by atoms with Crippen molar-refractivity contribution in [3.63, 3.8) is 0 Å². The van der Waals surface area contributed by atoms with Crippen molar-refractivity contribution in [2.75, 3.05) is 25.2 Å². The molecule has 0 aromatic heterocycles. The maximum Gasteiger partial charge on any atom is 0.321 e. The lowest BCUT2D eigenvalue weighted by molar-refractivity contribution is -0.139. The summed E-state index contributed by atoms with van der Waals surface area (Å²) in [6.07, 6.45) is 0.534. The lowest BCUT2D eigenvalue weighted by Crippen LogP contribution is -2.47. The number of sulfone groups is 1. The molecule has 0 radical (unpaired) electrons. The Hall–Kier alpha value is -0.710. The van der Waals surface area contributed by atoms with Crippen molar-refractivity contribution in [3.05, 3.63) is 0 Å².